The van der Waals surface area contributed by atoms with Gasteiger partial charge in [-0.15, -0.1) is 4.39 Å². The largest absolute Gasteiger partial charge is 1.00 e. The number of aliphatic carboxylic acids is 1. The van der Waals surface area contributed by atoms with Gasteiger partial charge in [0.1, 0.15) is 5.97 Å². The zero-order chi connectivity index (χ0) is 12.2. The summed E-state index contributed by atoms with van der Waals surface area (Å²) < 4.78 is 65.2. The van der Waals surface area contributed by atoms with Gasteiger partial charge in [0.25, 0.3) is 0 Å². The van der Waals surface area contributed by atoms with Crippen molar-refractivity contribution in [1.29, 1.82) is 0 Å². The summed E-state index contributed by atoms with van der Waals surface area (Å²) >= 11 is 0. The number of carboxylic acid groups (broad SMARTS) is 2. The van der Waals surface area contributed by atoms with Crippen LogP contribution in [0.5, 0.6) is 0 Å². The van der Waals surface area contributed by atoms with E-state index in [-0.39, 0.29) is 68.9 Å². The van der Waals surface area contributed by atoms with Gasteiger partial charge in [-0.1, -0.05) is 0 Å². The van der Waals surface area contributed by atoms with E-state index >= 15 is 0 Å². The van der Waals surface area contributed by atoms with Gasteiger partial charge in [0.05, 0.1) is 0 Å². The zero-order valence-electron chi connectivity index (χ0n) is 6.94. The molecule has 0 saturated carbocycles. The number of carbonyl (C=O) groups excluding carboxylic acids is 1. The summed E-state index contributed by atoms with van der Waals surface area (Å²) in [6.45, 7) is 0. The minimum absolute atomic E-state index is 0. The van der Waals surface area contributed by atoms with Crippen LogP contribution in [0.2, 0.25) is 0 Å². The summed E-state index contributed by atoms with van der Waals surface area (Å²) in [5, 5.41) is 15.8. The van der Waals surface area contributed by atoms with Gasteiger partial charge in [0.2, 0.25) is 0 Å². The fraction of sp³-hybridized carbons (Fsp3) is 0.500. The fourth-order valence-corrected chi connectivity index (χ4v) is 0.116. The molecule has 0 saturated heterocycles. The maximum absolute atomic E-state index is 11.3. The Kier molecular flexibility index (Phi) is 10.9. The number of alkyl halides is 5. The number of halogens is 6. The monoisotopic (exact) mass is 360 g/mol. The van der Waals surface area contributed by atoms with Gasteiger partial charge >= 0.3 is 87.2 Å². The second-order valence-corrected chi connectivity index (χ2v) is 1.61. The van der Waals surface area contributed by atoms with E-state index in [2.05, 4.69) is 0 Å². The van der Waals surface area contributed by atoms with Crippen molar-refractivity contribution in [1.82, 2.24) is 0 Å². The predicted octanol–water partition coefficient (Wildman–Crippen LogP) is -2.43. The average molecular weight is 360 g/mol. The first-order valence-corrected chi connectivity index (χ1v) is 2.47. The molecule has 0 rings (SSSR count). The third kappa shape index (κ3) is 9.50. The molecular formula is C4HCsF6O4. The second-order valence-electron chi connectivity index (χ2n) is 1.61. The van der Waals surface area contributed by atoms with Crippen molar-refractivity contribution in [2.45, 2.75) is 12.1 Å². The van der Waals surface area contributed by atoms with Gasteiger partial charge < -0.3 is 15.0 Å². The van der Waals surface area contributed by atoms with Crippen LogP contribution >= 0.6 is 0 Å². The third-order valence-corrected chi connectivity index (χ3v) is 0.612. The van der Waals surface area contributed by atoms with Crippen molar-refractivity contribution >= 4 is 12.2 Å². The van der Waals surface area contributed by atoms with Gasteiger partial charge in [0, 0.05) is 0 Å². The van der Waals surface area contributed by atoms with E-state index in [1.807, 2.05) is 0 Å². The van der Waals surface area contributed by atoms with Crippen LogP contribution in [0, 0.1) is 0 Å². The minimum atomic E-state index is -6.08. The average Bonchev–Trinajstić information content (AvgIpc) is 1.82. The second kappa shape index (κ2) is 7.78. The van der Waals surface area contributed by atoms with Crippen molar-refractivity contribution in [3.8, 4) is 0 Å². The first-order chi connectivity index (χ1) is 5.93. The molecule has 1 N–H and O–H groups in total. The third-order valence-electron chi connectivity index (χ3n) is 0.612. The summed E-state index contributed by atoms with van der Waals surface area (Å²) in [6.07, 6.45) is -8.41. The van der Waals surface area contributed by atoms with Crippen molar-refractivity contribution in [3.63, 3.8) is 0 Å². The molecule has 11 heteroatoms. The SMILES string of the molecule is O=C(O)F.O=C([O-])C(F)(F)C(F)(F)F.[Cs+]. The molecule has 4 nitrogen and oxygen atoms in total. The van der Waals surface area contributed by atoms with Crippen LogP contribution in [-0.2, 0) is 4.79 Å². The molecule has 0 bridgehead atoms. The molecule has 0 aliphatic rings. The van der Waals surface area contributed by atoms with E-state index < -0.39 is 24.3 Å². The Bertz CT molecular complexity index is 222. The molecule has 0 amide bonds. The van der Waals surface area contributed by atoms with E-state index in [1.165, 1.54) is 0 Å². The van der Waals surface area contributed by atoms with Crippen molar-refractivity contribution in [2.24, 2.45) is 0 Å². The smallest absolute Gasteiger partial charge is 0.544 e. The Hall–Kier alpha value is 0.572. The first-order valence-electron chi connectivity index (χ1n) is 2.47. The van der Waals surface area contributed by atoms with E-state index in [4.69, 9.17) is 19.8 Å². The fourth-order valence-electron chi connectivity index (χ4n) is 0.116. The van der Waals surface area contributed by atoms with Crippen LogP contribution in [0.1, 0.15) is 0 Å². The van der Waals surface area contributed by atoms with Crippen molar-refractivity contribution < 1.29 is 115 Å². The summed E-state index contributed by atoms with van der Waals surface area (Å²) in [7, 11) is 0. The standard InChI is InChI=1S/C3HF5O2.CHFO2.Cs/c4-2(5,1(9)10)3(6,7)8;2-1(3)4;/h(H,9,10);(H,3,4);/q;;+1/p-1. The predicted molar refractivity (Wildman–Crippen MR) is 25.1 cm³/mol. The number of rotatable bonds is 1. The molecule has 0 aromatic carbocycles. The first kappa shape index (κ1) is 20.9. The maximum Gasteiger partial charge on any atom is 1.00 e. The van der Waals surface area contributed by atoms with Gasteiger partial charge in [-0.3, -0.25) is 0 Å². The molecule has 0 spiro atoms. The van der Waals surface area contributed by atoms with Crippen LogP contribution in [0.25, 0.3) is 0 Å². The van der Waals surface area contributed by atoms with Crippen LogP contribution < -0.4 is 74.0 Å². The molecular weight excluding hydrogens is 359 g/mol. The molecule has 0 heterocycles. The van der Waals surface area contributed by atoms with Gasteiger partial charge in [-0.05, 0) is 0 Å². The Morgan fingerprint density at radius 2 is 1.27 bits per heavy atom. The number of carbonyl (C=O) groups is 2. The molecule has 0 aromatic rings. The normalized spacial score (nSPS) is 10.5. The molecule has 0 unspecified atom stereocenters. The molecule has 0 aliphatic heterocycles. The zero-order valence-corrected chi connectivity index (χ0v) is 13.2. The van der Waals surface area contributed by atoms with Crippen LogP contribution in [0.4, 0.5) is 31.1 Å². The maximum atomic E-state index is 11.3. The Morgan fingerprint density at radius 1 is 1.07 bits per heavy atom. The van der Waals surface area contributed by atoms with E-state index in [9.17, 15) is 26.3 Å². The van der Waals surface area contributed by atoms with Crippen LogP contribution in [0.3, 0.4) is 0 Å². The Morgan fingerprint density at radius 3 is 1.27 bits per heavy atom. The van der Waals surface area contributed by atoms with Crippen molar-refractivity contribution in [2.75, 3.05) is 0 Å². The molecule has 0 aliphatic carbocycles. The van der Waals surface area contributed by atoms with E-state index in [1.54, 1.807) is 0 Å². The van der Waals surface area contributed by atoms with Gasteiger partial charge in [-0.25, -0.2) is 4.79 Å². The molecule has 0 fully saturated rings. The topological polar surface area (TPSA) is 77.4 Å². The van der Waals surface area contributed by atoms with Crippen LogP contribution in [-0.4, -0.2) is 29.4 Å². The van der Waals surface area contributed by atoms with Crippen molar-refractivity contribution in [3.05, 3.63) is 0 Å². The minimum Gasteiger partial charge on any atom is -0.544 e. The van der Waals surface area contributed by atoms with E-state index in [0.29, 0.717) is 0 Å². The molecule has 0 radical (unpaired) electrons. The van der Waals surface area contributed by atoms with Gasteiger partial charge in [-0.2, -0.15) is 22.0 Å². The molecule has 0 atom stereocenters. The van der Waals surface area contributed by atoms with E-state index in [0.717, 1.165) is 0 Å². The Labute approximate surface area is 137 Å². The summed E-state index contributed by atoms with van der Waals surface area (Å²) in [5.41, 5.74) is 0. The summed E-state index contributed by atoms with van der Waals surface area (Å²) in [6, 6.07) is 0. The number of hydrogen-bond acceptors (Lipinski definition) is 3. The molecule has 15 heavy (non-hydrogen) atoms. The number of hydrogen-bond donors (Lipinski definition) is 1. The van der Waals surface area contributed by atoms with Gasteiger partial charge in [0.15, 0.2) is 0 Å². The molecule has 84 valence electrons. The summed E-state index contributed by atoms with van der Waals surface area (Å²) in [5.74, 6) is -9.20. The Balaban J connectivity index is -0.000000249. The number of carboxylic acids is 1. The summed E-state index contributed by atoms with van der Waals surface area (Å²) in [4.78, 5) is 17.4. The quantitative estimate of drug-likeness (QED) is 0.417. The van der Waals surface area contributed by atoms with Crippen LogP contribution in [0.15, 0.2) is 0 Å². The molecule has 0 aromatic heterocycles.